The van der Waals surface area contributed by atoms with Crippen molar-refractivity contribution in [3.05, 3.63) is 12.7 Å². The quantitative estimate of drug-likeness (QED) is 0.500. The molecule has 0 bridgehead atoms. The van der Waals surface area contributed by atoms with Crippen LogP contribution in [0.5, 0.6) is 0 Å². The summed E-state index contributed by atoms with van der Waals surface area (Å²) in [5, 5.41) is 3.49. The largest absolute Gasteiger partial charge is 0.377 e. The fourth-order valence-corrected chi connectivity index (χ4v) is 1.56. The lowest BCUT2D eigenvalue weighted by Crippen LogP contribution is -2.34. The van der Waals surface area contributed by atoms with E-state index in [-0.39, 0.29) is 0 Å². The molecule has 0 saturated carbocycles. The normalized spacial score (nSPS) is 23.8. The van der Waals surface area contributed by atoms with Gasteiger partial charge in [-0.25, -0.2) is 0 Å². The molecule has 2 heteroatoms. The third-order valence-electron chi connectivity index (χ3n) is 2.26. The molecule has 0 aromatic rings. The van der Waals surface area contributed by atoms with Gasteiger partial charge in [0.15, 0.2) is 0 Å². The van der Waals surface area contributed by atoms with Crippen LogP contribution in [0.25, 0.3) is 0 Å². The van der Waals surface area contributed by atoms with E-state index in [4.69, 9.17) is 4.74 Å². The number of hydrogen-bond acceptors (Lipinski definition) is 2. The second-order valence-electron chi connectivity index (χ2n) is 3.30. The van der Waals surface area contributed by atoms with E-state index < -0.39 is 0 Å². The summed E-state index contributed by atoms with van der Waals surface area (Å²) in [6.45, 7) is 6.34. The Balaban J connectivity index is 1.94. The Kier molecular flexibility index (Phi) is 5.04. The van der Waals surface area contributed by atoms with Crippen molar-refractivity contribution in [3.63, 3.8) is 0 Å². The van der Waals surface area contributed by atoms with Gasteiger partial charge in [-0.3, -0.25) is 0 Å². The first-order valence-electron chi connectivity index (χ1n) is 4.85. The molecule has 0 amide bonds. The van der Waals surface area contributed by atoms with Crippen LogP contribution in [-0.2, 0) is 4.74 Å². The van der Waals surface area contributed by atoms with Crippen LogP contribution in [0.2, 0.25) is 0 Å². The molecule has 0 aromatic carbocycles. The molecule has 0 aliphatic carbocycles. The van der Waals surface area contributed by atoms with Crippen molar-refractivity contribution in [2.45, 2.75) is 31.7 Å². The van der Waals surface area contributed by atoms with Crippen LogP contribution in [0.4, 0.5) is 0 Å². The van der Waals surface area contributed by atoms with Crippen LogP contribution in [0.3, 0.4) is 0 Å². The van der Waals surface area contributed by atoms with E-state index in [1.165, 1.54) is 25.8 Å². The number of ether oxygens (including phenoxy) is 1. The fraction of sp³-hybridized carbons (Fsp3) is 0.800. The third kappa shape index (κ3) is 3.88. The Morgan fingerprint density at radius 3 is 3.08 bits per heavy atom. The maximum atomic E-state index is 5.33. The summed E-state index contributed by atoms with van der Waals surface area (Å²) in [6, 6.07) is 0.698. The lowest BCUT2D eigenvalue weighted by molar-refractivity contribution is 0.146. The zero-order valence-electron chi connectivity index (χ0n) is 7.72. The zero-order chi connectivity index (χ0) is 8.65. The molecule has 0 aromatic heterocycles. The average molecular weight is 169 g/mol. The predicted octanol–water partition coefficient (Wildman–Crippen LogP) is 1.72. The van der Waals surface area contributed by atoms with E-state index >= 15 is 0 Å². The first-order valence-corrected chi connectivity index (χ1v) is 4.85. The van der Waals surface area contributed by atoms with Gasteiger partial charge in [-0.15, -0.1) is 6.58 Å². The monoisotopic (exact) mass is 169 g/mol. The Labute approximate surface area is 75.0 Å². The van der Waals surface area contributed by atoms with E-state index in [0.29, 0.717) is 12.6 Å². The second kappa shape index (κ2) is 6.21. The smallest absolute Gasteiger partial charge is 0.0644 e. The first-order chi connectivity index (χ1) is 5.93. The van der Waals surface area contributed by atoms with E-state index in [1.54, 1.807) is 6.08 Å². The highest BCUT2D eigenvalue weighted by Gasteiger charge is 2.11. The van der Waals surface area contributed by atoms with Gasteiger partial charge in [0.05, 0.1) is 6.61 Å². The average Bonchev–Trinajstić information content (AvgIpc) is 2.14. The summed E-state index contributed by atoms with van der Waals surface area (Å²) in [4.78, 5) is 0. The summed E-state index contributed by atoms with van der Waals surface area (Å²) >= 11 is 0. The molecule has 1 saturated heterocycles. The van der Waals surface area contributed by atoms with E-state index in [1.807, 2.05) is 0 Å². The van der Waals surface area contributed by atoms with Crippen molar-refractivity contribution in [1.29, 1.82) is 0 Å². The van der Waals surface area contributed by atoms with Crippen molar-refractivity contribution < 1.29 is 4.74 Å². The molecule has 1 atom stereocenters. The van der Waals surface area contributed by atoms with Gasteiger partial charge >= 0.3 is 0 Å². The van der Waals surface area contributed by atoms with Gasteiger partial charge in [0.1, 0.15) is 0 Å². The maximum Gasteiger partial charge on any atom is 0.0644 e. The van der Waals surface area contributed by atoms with Crippen molar-refractivity contribution in [3.8, 4) is 0 Å². The minimum absolute atomic E-state index is 0.687. The van der Waals surface area contributed by atoms with Crippen LogP contribution < -0.4 is 5.32 Å². The molecule has 0 unspecified atom stereocenters. The Bertz CT molecular complexity index is 119. The molecule has 1 fully saturated rings. The molecule has 12 heavy (non-hydrogen) atoms. The summed E-state index contributed by atoms with van der Waals surface area (Å²) in [5.74, 6) is 0. The standard InChI is InChI=1S/C10H19NO/c1-2-8-12-9-6-10-5-3-4-7-11-10/h2,10-11H,1,3-9H2/t10-/m0/s1. The van der Waals surface area contributed by atoms with E-state index in [2.05, 4.69) is 11.9 Å². The van der Waals surface area contributed by atoms with Crippen LogP contribution in [0.15, 0.2) is 12.7 Å². The van der Waals surface area contributed by atoms with Gasteiger partial charge in [-0.2, -0.15) is 0 Å². The van der Waals surface area contributed by atoms with Gasteiger partial charge in [-0.05, 0) is 25.8 Å². The van der Waals surface area contributed by atoms with Crippen molar-refractivity contribution >= 4 is 0 Å². The highest BCUT2D eigenvalue weighted by molar-refractivity contribution is 4.72. The van der Waals surface area contributed by atoms with Crippen LogP contribution in [-0.4, -0.2) is 25.8 Å². The van der Waals surface area contributed by atoms with Crippen molar-refractivity contribution in [2.75, 3.05) is 19.8 Å². The minimum Gasteiger partial charge on any atom is -0.377 e. The Hall–Kier alpha value is -0.340. The summed E-state index contributed by atoms with van der Waals surface area (Å²) in [7, 11) is 0. The van der Waals surface area contributed by atoms with Crippen LogP contribution in [0.1, 0.15) is 25.7 Å². The molecular weight excluding hydrogens is 150 g/mol. The van der Waals surface area contributed by atoms with Gasteiger partial charge in [-0.1, -0.05) is 12.5 Å². The van der Waals surface area contributed by atoms with E-state index in [9.17, 15) is 0 Å². The predicted molar refractivity (Wildman–Crippen MR) is 51.3 cm³/mol. The molecule has 70 valence electrons. The number of hydrogen-bond donors (Lipinski definition) is 1. The zero-order valence-corrected chi connectivity index (χ0v) is 7.72. The highest BCUT2D eigenvalue weighted by atomic mass is 16.5. The molecule has 0 radical (unpaired) electrons. The molecule has 1 rings (SSSR count). The van der Waals surface area contributed by atoms with Crippen molar-refractivity contribution in [2.24, 2.45) is 0 Å². The maximum absolute atomic E-state index is 5.33. The van der Waals surface area contributed by atoms with Crippen LogP contribution in [0, 0.1) is 0 Å². The minimum atomic E-state index is 0.687. The highest BCUT2D eigenvalue weighted by Crippen LogP contribution is 2.09. The number of nitrogens with one attached hydrogen (secondary N) is 1. The lowest BCUT2D eigenvalue weighted by atomic mass is 10.0. The SMILES string of the molecule is C=CCOCC[C@@H]1CCCCN1. The lowest BCUT2D eigenvalue weighted by Gasteiger charge is -2.22. The van der Waals surface area contributed by atoms with Gasteiger partial charge in [0.2, 0.25) is 0 Å². The van der Waals surface area contributed by atoms with Crippen molar-refractivity contribution in [1.82, 2.24) is 5.32 Å². The van der Waals surface area contributed by atoms with Gasteiger partial charge < -0.3 is 10.1 Å². The van der Waals surface area contributed by atoms with Gasteiger partial charge in [0, 0.05) is 12.6 Å². The first kappa shape index (κ1) is 9.75. The summed E-state index contributed by atoms with van der Waals surface area (Å²) in [5.41, 5.74) is 0. The number of rotatable bonds is 5. The second-order valence-corrected chi connectivity index (χ2v) is 3.30. The Morgan fingerprint density at radius 1 is 1.50 bits per heavy atom. The molecular formula is C10H19NO. The third-order valence-corrected chi connectivity index (χ3v) is 2.26. The molecule has 1 N–H and O–H groups in total. The van der Waals surface area contributed by atoms with Gasteiger partial charge in [0.25, 0.3) is 0 Å². The van der Waals surface area contributed by atoms with E-state index in [0.717, 1.165) is 13.0 Å². The topological polar surface area (TPSA) is 21.3 Å². The molecule has 1 heterocycles. The summed E-state index contributed by atoms with van der Waals surface area (Å²) < 4.78 is 5.33. The number of piperidine rings is 1. The molecule has 0 spiro atoms. The molecule has 2 nitrogen and oxygen atoms in total. The Morgan fingerprint density at radius 2 is 2.42 bits per heavy atom. The van der Waals surface area contributed by atoms with Crippen LogP contribution >= 0.6 is 0 Å². The molecule has 1 aliphatic heterocycles. The fourth-order valence-electron chi connectivity index (χ4n) is 1.56. The molecule has 1 aliphatic rings. The summed E-state index contributed by atoms with van der Waals surface area (Å²) in [6.07, 6.45) is 6.97.